The van der Waals surface area contributed by atoms with E-state index in [-0.39, 0.29) is 5.60 Å². The summed E-state index contributed by atoms with van der Waals surface area (Å²) in [6.07, 6.45) is 3.28. The van der Waals surface area contributed by atoms with Crippen LogP contribution in [0.5, 0.6) is 0 Å². The first kappa shape index (κ1) is 15.5. The summed E-state index contributed by atoms with van der Waals surface area (Å²) in [6.45, 7) is 6.89. The molecule has 0 bridgehead atoms. The lowest BCUT2D eigenvalue weighted by atomic mass is 9.90. The van der Waals surface area contributed by atoms with Crippen LogP contribution in [0.25, 0.3) is 0 Å². The Morgan fingerprint density at radius 2 is 2.20 bits per heavy atom. The molecule has 1 aromatic carbocycles. The Kier molecular flexibility index (Phi) is 5.58. The fourth-order valence-corrected chi connectivity index (χ4v) is 2.81. The minimum Gasteiger partial charge on any atom is -0.380 e. The Bertz CT molecular complexity index is 421. The van der Waals surface area contributed by atoms with Crippen molar-refractivity contribution in [2.75, 3.05) is 13.7 Å². The van der Waals surface area contributed by atoms with Crippen molar-refractivity contribution < 1.29 is 9.47 Å². The zero-order chi connectivity index (χ0) is 14.4. The highest BCUT2D eigenvalue weighted by atomic mass is 16.5. The maximum Gasteiger partial charge on any atom is 0.0713 e. The van der Waals surface area contributed by atoms with Gasteiger partial charge in [-0.05, 0) is 37.3 Å². The van der Waals surface area contributed by atoms with Crippen LogP contribution in [0.15, 0.2) is 24.3 Å². The van der Waals surface area contributed by atoms with Gasteiger partial charge in [0.25, 0.3) is 0 Å². The predicted molar refractivity (Wildman–Crippen MR) is 81.7 cm³/mol. The molecule has 3 nitrogen and oxygen atoms in total. The number of hydrogen-bond acceptors (Lipinski definition) is 3. The molecule has 1 N–H and O–H groups in total. The van der Waals surface area contributed by atoms with Gasteiger partial charge in [-0.2, -0.15) is 0 Å². The SMILES string of the molecule is CCC1(C)CC(NCc2cccc(COC)c2)CCO1. The zero-order valence-electron chi connectivity index (χ0n) is 12.9. The van der Waals surface area contributed by atoms with E-state index in [1.165, 1.54) is 11.1 Å². The summed E-state index contributed by atoms with van der Waals surface area (Å²) in [5.74, 6) is 0. The minimum atomic E-state index is 0.0494. The van der Waals surface area contributed by atoms with Crippen LogP contribution in [0.3, 0.4) is 0 Å². The molecule has 20 heavy (non-hydrogen) atoms. The standard InChI is InChI=1S/C17H27NO2/c1-4-17(2)11-16(8-9-20-17)18-12-14-6-5-7-15(10-14)13-19-3/h5-7,10,16,18H,4,8-9,11-13H2,1-3H3. The molecule has 2 atom stereocenters. The number of methoxy groups -OCH3 is 1. The van der Waals surface area contributed by atoms with Gasteiger partial charge >= 0.3 is 0 Å². The normalized spacial score (nSPS) is 26.6. The molecule has 0 aliphatic carbocycles. The van der Waals surface area contributed by atoms with Crippen LogP contribution in [0, 0.1) is 0 Å². The molecule has 3 heteroatoms. The third-order valence-electron chi connectivity index (χ3n) is 4.24. The summed E-state index contributed by atoms with van der Waals surface area (Å²) in [5.41, 5.74) is 2.61. The molecule has 0 amide bonds. The highest BCUT2D eigenvalue weighted by molar-refractivity contribution is 5.23. The van der Waals surface area contributed by atoms with E-state index in [0.717, 1.165) is 32.4 Å². The van der Waals surface area contributed by atoms with E-state index in [1.54, 1.807) is 7.11 Å². The number of ether oxygens (including phenoxy) is 2. The van der Waals surface area contributed by atoms with E-state index in [9.17, 15) is 0 Å². The topological polar surface area (TPSA) is 30.5 Å². The predicted octanol–water partition coefficient (Wildman–Crippen LogP) is 3.27. The van der Waals surface area contributed by atoms with Gasteiger partial charge in [-0.3, -0.25) is 0 Å². The van der Waals surface area contributed by atoms with E-state index >= 15 is 0 Å². The molecule has 0 radical (unpaired) electrons. The molecule has 0 aromatic heterocycles. The molecule has 2 rings (SSSR count). The van der Waals surface area contributed by atoms with Gasteiger partial charge in [0.15, 0.2) is 0 Å². The molecule has 112 valence electrons. The van der Waals surface area contributed by atoms with Crippen molar-refractivity contribution in [1.82, 2.24) is 5.32 Å². The molecule has 1 aliphatic rings. The van der Waals surface area contributed by atoms with Gasteiger partial charge in [0.1, 0.15) is 0 Å². The van der Waals surface area contributed by atoms with Crippen molar-refractivity contribution in [2.24, 2.45) is 0 Å². The van der Waals surface area contributed by atoms with E-state index in [4.69, 9.17) is 9.47 Å². The second kappa shape index (κ2) is 7.21. The van der Waals surface area contributed by atoms with Crippen LogP contribution >= 0.6 is 0 Å². The monoisotopic (exact) mass is 277 g/mol. The zero-order valence-corrected chi connectivity index (χ0v) is 12.9. The minimum absolute atomic E-state index is 0.0494. The van der Waals surface area contributed by atoms with Gasteiger partial charge in [0.05, 0.1) is 12.2 Å². The molecule has 1 fully saturated rings. The summed E-state index contributed by atoms with van der Waals surface area (Å²) in [6, 6.07) is 9.15. The Hall–Kier alpha value is -0.900. The lowest BCUT2D eigenvalue weighted by molar-refractivity contribution is -0.0781. The molecule has 1 heterocycles. The average molecular weight is 277 g/mol. The third-order valence-corrected chi connectivity index (χ3v) is 4.24. The van der Waals surface area contributed by atoms with Gasteiger partial charge in [-0.15, -0.1) is 0 Å². The van der Waals surface area contributed by atoms with Crippen molar-refractivity contribution in [3.63, 3.8) is 0 Å². The summed E-state index contributed by atoms with van der Waals surface area (Å²) in [7, 11) is 1.73. The first-order valence-corrected chi connectivity index (χ1v) is 7.59. The van der Waals surface area contributed by atoms with Gasteiger partial charge in [0.2, 0.25) is 0 Å². The number of rotatable bonds is 6. The number of benzene rings is 1. The van der Waals surface area contributed by atoms with Gasteiger partial charge in [0, 0.05) is 26.3 Å². The summed E-state index contributed by atoms with van der Waals surface area (Å²) >= 11 is 0. The van der Waals surface area contributed by atoms with Crippen molar-refractivity contribution >= 4 is 0 Å². The maximum absolute atomic E-state index is 5.89. The fraction of sp³-hybridized carbons (Fsp3) is 0.647. The molecule has 1 aromatic rings. The average Bonchev–Trinajstić information content (AvgIpc) is 2.46. The van der Waals surface area contributed by atoms with Crippen LogP contribution in [0.4, 0.5) is 0 Å². The van der Waals surface area contributed by atoms with Gasteiger partial charge < -0.3 is 14.8 Å². The molecule has 0 spiro atoms. The van der Waals surface area contributed by atoms with E-state index in [2.05, 4.69) is 43.4 Å². The first-order valence-electron chi connectivity index (χ1n) is 7.59. The second-order valence-electron chi connectivity index (χ2n) is 5.98. The Labute approximate surface area is 122 Å². The molecular formula is C17H27NO2. The summed E-state index contributed by atoms with van der Waals surface area (Å²) in [4.78, 5) is 0. The highest BCUT2D eigenvalue weighted by Crippen LogP contribution is 2.27. The Morgan fingerprint density at radius 1 is 1.40 bits per heavy atom. The third kappa shape index (κ3) is 4.30. The van der Waals surface area contributed by atoms with E-state index in [0.29, 0.717) is 12.6 Å². The smallest absolute Gasteiger partial charge is 0.0713 e. The quantitative estimate of drug-likeness (QED) is 0.865. The molecule has 1 saturated heterocycles. The molecular weight excluding hydrogens is 250 g/mol. The fourth-order valence-electron chi connectivity index (χ4n) is 2.81. The largest absolute Gasteiger partial charge is 0.380 e. The van der Waals surface area contributed by atoms with E-state index in [1.807, 2.05) is 0 Å². The van der Waals surface area contributed by atoms with Gasteiger partial charge in [-0.1, -0.05) is 31.2 Å². The van der Waals surface area contributed by atoms with Gasteiger partial charge in [-0.25, -0.2) is 0 Å². The molecule has 0 saturated carbocycles. The summed E-state index contributed by atoms with van der Waals surface area (Å²) < 4.78 is 11.1. The van der Waals surface area contributed by atoms with Crippen LogP contribution < -0.4 is 5.32 Å². The maximum atomic E-state index is 5.89. The Balaban J connectivity index is 1.87. The second-order valence-corrected chi connectivity index (χ2v) is 5.98. The number of nitrogens with one attached hydrogen (secondary N) is 1. The van der Waals surface area contributed by atoms with E-state index < -0.39 is 0 Å². The van der Waals surface area contributed by atoms with Crippen molar-refractivity contribution in [2.45, 2.75) is 57.9 Å². The number of hydrogen-bond donors (Lipinski definition) is 1. The van der Waals surface area contributed by atoms with Crippen LogP contribution in [0.2, 0.25) is 0 Å². The van der Waals surface area contributed by atoms with Crippen molar-refractivity contribution in [3.8, 4) is 0 Å². The highest BCUT2D eigenvalue weighted by Gasteiger charge is 2.31. The first-order chi connectivity index (χ1) is 9.65. The lowest BCUT2D eigenvalue weighted by Gasteiger charge is -2.38. The molecule has 2 unspecified atom stereocenters. The summed E-state index contributed by atoms with van der Waals surface area (Å²) in [5, 5.41) is 3.68. The molecule has 1 aliphatic heterocycles. The van der Waals surface area contributed by atoms with Crippen molar-refractivity contribution in [1.29, 1.82) is 0 Å². The van der Waals surface area contributed by atoms with Crippen molar-refractivity contribution in [3.05, 3.63) is 35.4 Å². The van der Waals surface area contributed by atoms with Crippen LogP contribution in [0.1, 0.15) is 44.2 Å². The Morgan fingerprint density at radius 3 is 2.95 bits per heavy atom. The lowest BCUT2D eigenvalue weighted by Crippen LogP contribution is -2.44. The van der Waals surface area contributed by atoms with Crippen LogP contribution in [-0.2, 0) is 22.6 Å². The van der Waals surface area contributed by atoms with Crippen LogP contribution in [-0.4, -0.2) is 25.4 Å².